The Morgan fingerprint density at radius 1 is 1.57 bits per heavy atom. The summed E-state index contributed by atoms with van der Waals surface area (Å²) in [6, 6.07) is 2.54. The van der Waals surface area contributed by atoms with Gasteiger partial charge in [-0.25, -0.2) is 4.39 Å². The molecule has 1 aromatic carbocycles. The number of halogens is 2. The summed E-state index contributed by atoms with van der Waals surface area (Å²) >= 11 is 5.88. The molecule has 14 heavy (non-hydrogen) atoms. The summed E-state index contributed by atoms with van der Waals surface area (Å²) in [6.07, 6.45) is 0.572. The van der Waals surface area contributed by atoms with E-state index < -0.39 is 5.82 Å². The Bertz CT molecular complexity index is 328. The van der Waals surface area contributed by atoms with Crippen LogP contribution in [0.15, 0.2) is 12.1 Å². The smallest absolute Gasteiger partial charge is 0.128 e. The zero-order valence-electron chi connectivity index (χ0n) is 8.18. The minimum Gasteiger partial charge on any atom is -0.496 e. The minimum atomic E-state index is -0.403. The zero-order chi connectivity index (χ0) is 10.7. The standard InChI is InChI=1S/C10H13ClFNO/c1-6(13)3-8-9(11)4-7(12)5-10(8)14-2/h4-6H,3,13H2,1-2H3. The van der Waals surface area contributed by atoms with E-state index in [2.05, 4.69) is 0 Å². The van der Waals surface area contributed by atoms with E-state index in [4.69, 9.17) is 22.1 Å². The summed E-state index contributed by atoms with van der Waals surface area (Å²) < 4.78 is 18.0. The van der Waals surface area contributed by atoms with Crippen LogP contribution in [0.3, 0.4) is 0 Å². The second-order valence-electron chi connectivity index (χ2n) is 3.25. The number of rotatable bonds is 3. The molecule has 2 N–H and O–H groups in total. The van der Waals surface area contributed by atoms with Crippen LogP contribution in [0.25, 0.3) is 0 Å². The monoisotopic (exact) mass is 217 g/mol. The molecule has 0 spiro atoms. The van der Waals surface area contributed by atoms with Crippen molar-refractivity contribution in [2.24, 2.45) is 5.73 Å². The molecule has 0 saturated heterocycles. The Morgan fingerprint density at radius 2 is 2.21 bits per heavy atom. The highest BCUT2D eigenvalue weighted by Gasteiger charge is 2.11. The molecule has 2 nitrogen and oxygen atoms in total. The number of hydrogen-bond donors (Lipinski definition) is 1. The van der Waals surface area contributed by atoms with Gasteiger partial charge in [0.05, 0.1) is 12.1 Å². The van der Waals surface area contributed by atoms with Gasteiger partial charge < -0.3 is 10.5 Å². The van der Waals surface area contributed by atoms with E-state index in [1.165, 1.54) is 19.2 Å². The first-order chi connectivity index (χ1) is 6.54. The van der Waals surface area contributed by atoms with Gasteiger partial charge in [-0.15, -0.1) is 0 Å². The van der Waals surface area contributed by atoms with Crippen LogP contribution in [-0.4, -0.2) is 13.2 Å². The zero-order valence-corrected chi connectivity index (χ0v) is 8.94. The molecule has 0 heterocycles. The van der Waals surface area contributed by atoms with E-state index in [9.17, 15) is 4.39 Å². The van der Waals surface area contributed by atoms with E-state index >= 15 is 0 Å². The van der Waals surface area contributed by atoms with Gasteiger partial charge in [0.1, 0.15) is 11.6 Å². The molecular formula is C10H13ClFNO. The van der Waals surface area contributed by atoms with Crippen molar-refractivity contribution in [1.29, 1.82) is 0 Å². The summed E-state index contributed by atoms with van der Waals surface area (Å²) in [5, 5.41) is 0.360. The van der Waals surface area contributed by atoms with Crippen LogP contribution in [0.2, 0.25) is 5.02 Å². The van der Waals surface area contributed by atoms with Crippen LogP contribution in [-0.2, 0) is 6.42 Å². The second-order valence-corrected chi connectivity index (χ2v) is 3.66. The maximum Gasteiger partial charge on any atom is 0.128 e. The van der Waals surface area contributed by atoms with Crippen LogP contribution < -0.4 is 10.5 Å². The van der Waals surface area contributed by atoms with Crippen molar-refractivity contribution in [2.45, 2.75) is 19.4 Å². The molecule has 78 valence electrons. The van der Waals surface area contributed by atoms with Crippen molar-refractivity contribution in [2.75, 3.05) is 7.11 Å². The molecule has 1 rings (SSSR count). The number of nitrogens with two attached hydrogens (primary N) is 1. The molecule has 4 heteroatoms. The van der Waals surface area contributed by atoms with E-state index in [0.29, 0.717) is 17.2 Å². The first-order valence-electron chi connectivity index (χ1n) is 4.32. The summed E-state index contributed by atoms with van der Waals surface area (Å²) in [5.41, 5.74) is 6.40. The molecular weight excluding hydrogens is 205 g/mol. The fraction of sp³-hybridized carbons (Fsp3) is 0.400. The lowest BCUT2D eigenvalue weighted by atomic mass is 10.1. The van der Waals surface area contributed by atoms with Crippen LogP contribution >= 0.6 is 11.6 Å². The molecule has 0 fully saturated rings. The van der Waals surface area contributed by atoms with Gasteiger partial charge in [-0.05, 0) is 19.4 Å². The quantitative estimate of drug-likeness (QED) is 0.844. The molecule has 1 aromatic rings. The third-order valence-corrected chi connectivity index (χ3v) is 2.20. The van der Waals surface area contributed by atoms with Gasteiger partial charge in [-0.2, -0.15) is 0 Å². The van der Waals surface area contributed by atoms with Crippen molar-refractivity contribution in [3.05, 3.63) is 28.5 Å². The first kappa shape index (κ1) is 11.3. The van der Waals surface area contributed by atoms with Crippen molar-refractivity contribution in [3.8, 4) is 5.75 Å². The Labute approximate surface area is 87.8 Å². The van der Waals surface area contributed by atoms with Gasteiger partial charge >= 0.3 is 0 Å². The number of benzene rings is 1. The lowest BCUT2D eigenvalue weighted by Crippen LogP contribution is -2.18. The van der Waals surface area contributed by atoms with Crippen LogP contribution in [0, 0.1) is 5.82 Å². The Balaban J connectivity index is 3.11. The number of methoxy groups -OCH3 is 1. The predicted molar refractivity (Wildman–Crippen MR) is 55.3 cm³/mol. The highest BCUT2D eigenvalue weighted by molar-refractivity contribution is 6.31. The highest BCUT2D eigenvalue weighted by atomic mass is 35.5. The summed E-state index contributed by atoms with van der Waals surface area (Å²) in [4.78, 5) is 0. The fourth-order valence-electron chi connectivity index (χ4n) is 1.28. The summed E-state index contributed by atoms with van der Waals surface area (Å²) in [5.74, 6) is 0.0487. The molecule has 1 unspecified atom stereocenters. The highest BCUT2D eigenvalue weighted by Crippen LogP contribution is 2.28. The van der Waals surface area contributed by atoms with Gasteiger partial charge in [0.15, 0.2) is 0 Å². The first-order valence-corrected chi connectivity index (χ1v) is 4.70. The molecule has 0 aliphatic carbocycles. The van der Waals surface area contributed by atoms with Crippen LogP contribution in [0.4, 0.5) is 4.39 Å². The molecule has 0 aliphatic rings. The third-order valence-electron chi connectivity index (χ3n) is 1.87. The van der Waals surface area contributed by atoms with Crippen molar-refractivity contribution in [3.63, 3.8) is 0 Å². The van der Waals surface area contributed by atoms with Crippen molar-refractivity contribution < 1.29 is 9.13 Å². The van der Waals surface area contributed by atoms with Gasteiger partial charge in [0, 0.05) is 17.7 Å². The van der Waals surface area contributed by atoms with Gasteiger partial charge in [-0.1, -0.05) is 11.6 Å². The average molecular weight is 218 g/mol. The third kappa shape index (κ3) is 2.59. The predicted octanol–water partition coefficient (Wildman–Crippen LogP) is 2.38. The van der Waals surface area contributed by atoms with Gasteiger partial charge in [0.2, 0.25) is 0 Å². The molecule has 0 amide bonds. The molecule has 0 saturated carbocycles. The molecule has 0 aromatic heterocycles. The topological polar surface area (TPSA) is 35.2 Å². The Hall–Kier alpha value is -0.800. The largest absolute Gasteiger partial charge is 0.496 e. The van der Waals surface area contributed by atoms with E-state index in [1.807, 2.05) is 6.92 Å². The number of ether oxygens (including phenoxy) is 1. The van der Waals surface area contributed by atoms with Gasteiger partial charge in [-0.3, -0.25) is 0 Å². The SMILES string of the molecule is COc1cc(F)cc(Cl)c1CC(C)N. The van der Waals surface area contributed by atoms with Gasteiger partial charge in [0.25, 0.3) is 0 Å². The maximum absolute atomic E-state index is 12.9. The molecule has 0 aliphatic heterocycles. The minimum absolute atomic E-state index is 0.0353. The molecule has 0 radical (unpaired) electrons. The summed E-state index contributed by atoms with van der Waals surface area (Å²) in [6.45, 7) is 1.86. The van der Waals surface area contributed by atoms with Crippen LogP contribution in [0.1, 0.15) is 12.5 Å². The second kappa shape index (κ2) is 4.62. The lowest BCUT2D eigenvalue weighted by molar-refractivity contribution is 0.405. The Morgan fingerprint density at radius 3 is 2.71 bits per heavy atom. The van der Waals surface area contributed by atoms with E-state index in [-0.39, 0.29) is 6.04 Å². The lowest BCUT2D eigenvalue weighted by Gasteiger charge is -2.12. The maximum atomic E-state index is 12.9. The molecule has 0 bridgehead atoms. The Kier molecular flexibility index (Phi) is 3.72. The normalized spacial score (nSPS) is 12.6. The van der Waals surface area contributed by atoms with Crippen molar-refractivity contribution in [1.82, 2.24) is 0 Å². The molecule has 1 atom stereocenters. The van der Waals surface area contributed by atoms with E-state index in [0.717, 1.165) is 5.56 Å². The fourth-order valence-corrected chi connectivity index (χ4v) is 1.56. The number of hydrogen-bond acceptors (Lipinski definition) is 2. The van der Waals surface area contributed by atoms with Crippen LogP contribution in [0.5, 0.6) is 5.75 Å². The van der Waals surface area contributed by atoms with Crippen molar-refractivity contribution >= 4 is 11.6 Å². The average Bonchev–Trinajstić information content (AvgIpc) is 2.08. The summed E-state index contributed by atoms with van der Waals surface area (Å²) in [7, 11) is 1.48. The van der Waals surface area contributed by atoms with E-state index in [1.54, 1.807) is 0 Å².